The summed E-state index contributed by atoms with van der Waals surface area (Å²) < 4.78 is 0. The lowest BCUT2D eigenvalue weighted by molar-refractivity contribution is 0.575. The Bertz CT molecular complexity index is 321. The van der Waals surface area contributed by atoms with E-state index in [-0.39, 0.29) is 5.41 Å². The van der Waals surface area contributed by atoms with Crippen molar-refractivity contribution in [2.45, 2.75) is 53.0 Å². The molecule has 0 spiro atoms. The van der Waals surface area contributed by atoms with Crippen molar-refractivity contribution < 1.29 is 0 Å². The fourth-order valence-electron chi connectivity index (χ4n) is 1.41. The van der Waals surface area contributed by atoms with Crippen molar-refractivity contribution in [3.63, 3.8) is 0 Å². The van der Waals surface area contributed by atoms with Gasteiger partial charge in [0.15, 0.2) is 0 Å². The zero-order chi connectivity index (χ0) is 11.6. The van der Waals surface area contributed by atoms with Gasteiger partial charge in [0, 0.05) is 16.8 Å². The van der Waals surface area contributed by atoms with E-state index >= 15 is 0 Å². The van der Waals surface area contributed by atoms with Crippen LogP contribution in [0.3, 0.4) is 0 Å². The molecule has 86 valence electrons. The largest absolute Gasteiger partial charge is 0.326 e. The first-order valence-electron chi connectivity index (χ1n) is 5.53. The molecular formula is C12H22N2S. The molecule has 1 aromatic rings. The summed E-state index contributed by atoms with van der Waals surface area (Å²) in [6.07, 6.45) is 1.04. The highest BCUT2D eigenvalue weighted by molar-refractivity contribution is 7.11. The first-order valence-corrected chi connectivity index (χ1v) is 6.35. The second kappa shape index (κ2) is 4.62. The van der Waals surface area contributed by atoms with Crippen LogP contribution in [0.1, 0.15) is 50.2 Å². The molecule has 1 aromatic heterocycles. The monoisotopic (exact) mass is 226 g/mol. The maximum Gasteiger partial charge on any atom is 0.0985 e. The van der Waals surface area contributed by atoms with Gasteiger partial charge in [-0.05, 0) is 12.3 Å². The van der Waals surface area contributed by atoms with Gasteiger partial charge in [0.05, 0.1) is 10.7 Å². The second-order valence-electron chi connectivity index (χ2n) is 5.44. The predicted molar refractivity (Wildman–Crippen MR) is 67.2 cm³/mol. The van der Waals surface area contributed by atoms with Gasteiger partial charge in [-0.2, -0.15) is 0 Å². The van der Waals surface area contributed by atoms with Crippen molar-refractivity contribution in [3.8, 4) is 0 Å². The molecule has 0 amide bonds. The molecule has 0 unspecified atom stereocenters. The molecule has 0 aromatic carbocycles. The van der Waals surface area contributed by atoms with E-state index in [1.165, 1.54) is 15.6 Å². The van der Waals surface area contributed by atoms with Gasteiger partial charge in [-0.3, -0.25) is 0 Å². The predicted octanol–water partition coefficient (Wildman–Crippen LogP) is 3.10. The normalized spacial score (nSPS) is 12.5. The zero-order valence-electron chi connectivity index (χ0n) is 10.4. The van der Waals surface area contributed by atoms with E-state index < -0.39 is 0 Å². The Balaban J connectivity index is 3.00. The van der Waals surface area contributed by atoms with Gasteiger partial charge in [-0.25, -0.2) is 4.98 Å². The number of nitrogens with two attached hydrogens (primary N) is 1. The van der Waals surface area contributed by atoms with Crippen LogP contribution in [0.15, 0.2) is 0 Å². The fourth-order valence-corrected chi connectivity index (χ4v) is 2.44. The smallest absolute Gasteiger partial charge is 0.0985 e. The summed E-state index contributed by atoms with van der Waals surface area (Å²) >= 11 is 1.77. The quantitative estimate of drug-likeness (QED) is 0.860. The van der Waals surface area contributed by atoms with E-state index in [9.17, 15) is 0 Å². The van der Waals surface area contributed by atoms with E-state index in [0.29, 0.717) is 12.5 Å². The molecule has 0 bridgehead atoms. The minimum Gasteiger partial charge on any atom is -0.326 e. The van der Waals surface area contributed by atoms with E-state index in [4.69, 9.17) is 10.7 Å². The molecule has 0 saturated carbocycles. The van der Waals surface area contributed by atoms with Gasteiger partial charge in [-0.1, -0.05) is 34.6 Å². The lowest BCUT2D eigenvalue weighted by atomic mass is 9.98. The average molecular weight is 226 g/mol. The molecular weight excluding hydrogens is 204 g/mol. The maximum atomic E-state index is 5.75. The molecule has 0 aliphatic heterocycles. The van der Waals surface area contributed by atoms with Crippen LogP contribution in [-0.4, -0.2) is 4.98 Å². The minimum atomic E-state index is 0.143. The Hall–Kier alpha value is -0.410. The third kappa shape index (κ3) is 3.28. The Labute approximate surface area is 96.9 Å². The van der Waals surface area contributed by atoms with Crippen LogP contribution in [0.25, 0.3) is 0 Å². The van der Waals surface area contributed by atoms with Crippen molar-refractivity contribution in [2.75, 3.05) is 0 Å². The van der Waals surface area contributed by atoms with Gasteiger partial charge in [-0.15, -0.1) is 11.3 Å². The summed E-state index contributed by atoms with van der Waals surface area (Å²) in [5, 5.41) is 1.21. The van der Waals surface area contributed by atoms with Crippen LogP contribution < -0.4 is 5.73 Å². The minimum absolute atomic E-state index is 0.143. The summed E-state index contributed by atoms with van der Waals surface area (Å²) in [4.78, 5) is 5.99. The molecule has 0 saturated heterocycles. The molecule has 0 atom stereocenters. The summed E-state index contributed by atoms with van der Waals surface area (Å²) in [5.74, 6) is 0.644. The topological polar surface area (TPSA) is 38.9 Å². The van der Waals surface area contributed by atoms with Gasteiger partial charge in [0.2, 0.25) is 0 Å². The summed E-state index contributed by atoms with van der Waals surface area (Å²) in [7, 11) is 0. The molecule has 15 heavy (non-hydrogen) atoms. The molecule has 1 rings (SSSR count). The fraction of sp³-hybridized carbons (Fsp3) is 0.750. The number of hydrogen-bond donors (Lipinski definition) is 1. The molecule has 0 fully saturated rings. The molecule has 2 nitrogen and oxygen atoms in total. The Kier molecular flexibility index (Phi) is 3.90. The van der Waals surface area contributed by atoms with Gasteiger partial charge in [0.1, 0.15) is 0 Å². The lowest BCUT2D eigenvalue weighted by Gasteiger charge is -2.13. The van der Waals surface area contributed by atoms with Crippen LogP contribution in [-0.2, 0) is 18.4 Å². The summed E-state index contributed by atoms with van der Waals surface area (Å²) in [5.41, 5.74) is 7.11. The second-order valence-corrected chi connectivity index (χ2v) is 6.52. The summed E-state index contributed by atoms with van der Waals surface area (Å²) in [6.45, 7) is 11.7. The number of nitrogens with zero attached hydrogens (tertiary/aromatic N) is 1. The van der Waals surface area contributed by atoms with Gasteiger partial charge in [0.25, 0.3) is 0 Å². The highest BCUT2D eigenvalue weighted by Crippen LogP contribution is 2.30. The van der Waals surface area contributed by atoms with Crippen molar-refractivity contribution in [2.24, 2.45) is 11.7 Å². The van der Waals surface area contributed by atoms with Crippen LogP contribution in [0, 0.1) is 5.92 Å². The molecule has 3 heteroatoms. The van der Waals surface area contributed by atoms with Gasteiger partial charge < -0.3 is 5.73 Å². The Morgan fingerprint density at radius 2 is 1.93 bits per heavy atom. The first kappa shape index (κ1) is 12.7. The van der Waals surface area contributed by atoms with E-state index in [2.05, 4.69) is 34.6 Å². The van der Waals surface area contributed by atoms with Crippen LogP contribution in [0.4, 0.5) is 0 Å². The first-order chi connectivity index (χ1) is 6.84. The van der Waals surface area contributed by atoms with E-state index in [1.807, 2.05) is 0 Å². The molecule has 0 aliphatic carbocycles. The third-order valence-corrected chi connectivity index (χ3v) is 3.75. The zero-order valence-corrected chi connectivity index (χ0v) is 11.2. The SMILES string of the molecule is CC(C)Cc1nc(C(C)(C)C)sc1CN. The van der Waals surface area contributed by atoms with Crippen molar-refractivity contribution in [1.29, 1.82) is 0 Å². The third-order valence-electron chi connectivity index (χ3n) is 2.21. The number of rotatable bonds is 3. The highest BCUT2D eigenvalue weighted by atomic mass is 32.1. The number of hydrogen-bond acceptors (Lipinski definition) is 3. The Morgan fingerprint density at radius 1 is 1.33 bits per heavy atom. The van der Waals surface area contributed by atoms with E-state index in [0.717, 1.165) is 6.42 Å². The number of aromatic nitrogens is 1. The van der Waals surface area contributed by atoms with Crippen LogP contribution in [0.2, 0.25) is 0 Å². The lowest BCUT2D eigenvalue weighted by Crippen LogP contribution is -2.10. The highest BCUT2D eigenvalue weighted by Gasteiger charge is 2.21. The van der Waals surface area contributed by atoms with Crippen molar-refractivity contribution in [3.05, 3.63) is 15.6 Å². The molecule has 0 radical (unpaired) electrons. The Morgan fingerprint density at radius 3 is 2.33 bits per heavy atom. The molecule has 0 aliphatic rings. The number of thiazole rings is 1. The van der Waals surface area contributed by atoms with Crippen LogP contribution >= 0.6 is 11.3 Å². The maximum absolute atomic E-state index is 5.75. The van der Waals surface area contributed by atoms with E-state index in [1.54, 1.807) is 11.3 Å². The standard InChI is InChI=1S/C12H22N2S/c1-8(2)6-9-10(7-13)15-11(14-9)12(3,4)5/h8H,6-7,13H2,1-5H3. The van der Waals surface area contributed by atoms with Crippen molar-refractivity contribution >= 4 is 11.3 Å². The van der Waals surface area contributed by atoms with Crippen LogP contribution in [0.5, 0.6) is 0 Å². The molecule has 2 N–H and O–H groups in total. The average Bonchev–Trinajstić information content (AvgIpc) is 2.45. The molecule has 1 heterocycles. The summed E-state index contributed by atoms with van der Waals surface area (Å²) in [6, 6.07) is 0. The van der Waals surface area contributed by atoms with Gasteiger partial charge >= 0.3 is 0 Å². The van der Waals surface area contributed by atoms with Crippen molar-refractivity contribution in [1.82, 2.24) is 4.98 Å².